The molecular formula is C11H13ClFNO2S. The highest BCUT2D eigenvalue weighted by molar-refractivity contribution is 7.90. The highest BCUT2D eigenvalue weighted by Crippen LogP contribution is 2.18. The van der Waals surface area contributed by atoms with Crippen molar-refractivity contribution in [1.82, 2.24) is 5.32 Å². The standard InChI is InChI=1S/C11H13ClFNO2S/c12-10-2-1-8(3-11(10)13)6-17(15,16)7-9-4-14-5-9/h1-3,9,14H,4-7H2. The third-order valence-corrected chi connectivity index (χ3v) is 4.79. The van der Waals surface area contributed by atoms with Crippen LogP contribution in [0.2, 0.25) is 5.02 Å². The van der Waals surface area contributed by atoms with Crippen LogP contribution >= 0.6 is 11.6 Å². The average Bonchev–Trinajstić information content (AvgIpc) is 2.18. The van der Waals surface area contributed by atoms with Gasteiger partial charge in [-0.25, -0.2) is 12.8 Å². The number of hydrogen-bond donors (Lipinski definition) is 1. The van der Waals surface area contributed by atoms with Gasteiger partial charge < -0.3 is 5.32 Å². The van der Waals surface area contributed by atoms with E-state index in [2.05, 4.69) is 5.32 Å². The lowest BCUT2D eigenvalue weighted by Crippen LogP contribution is -2.45. The Morgan fingerprint density at radius 1 is 1.41 bits per heavy atom. The summed E-state index contributed by atoms with van der Waals surface area (Å²) >= 11 is 5.54. The van der Waals surface area contributed by atoms with E-state index in [0.717, 1.165) is 13.1 Å². The lowest BCUT2D eigenvalue weighted by atomic mass is 10.1. The number of benzene rings is 1. The van der Waals surface area contributed by atoms with Gasteiger partial charge in [0.25, 0.3) is 0 Å². The van der Waals surface area contributed by atoms with Gasteiger partial charge in [-0.05, 0) is 23.6 Å². The molecule has 0 radical (unpaired) electrons. The van der Waals surface area contributed by atoms with E-state index in [1.54, 1.807) is 6.07 Å². The summed E-state index contributed by atoms with van der Waals surface area (Å²) in [5, 5.41) is 3.03. The average molecular weight is 278 g/mol. The molecule has 0 amide bonds. The van der Waals surface area contributed by atoms with E-state index in [9.17, 15) is 12.8 Å². The lowest BCUT2D eigenvalue weighted by Gasteiger charge is -2.26. The molecule has 1 heterocycles. The van der Waals surface area contributed by atoms with Crippen LogP contribution in [0.1, 0.15) is 5.56 Å². The SMILES string of the molecule is O=S(=O)(Cc1ccc(Cl)c(F)c1)CC1CNC1. The molecule has 1 aliphatic heterocycles. The predicted octanol–water partition coefficient (Wildman–Crippen LogP) is 1.61. The summed E-state index contributed by atoms with van der Waals surface area (Å²) in [6.07, 6.45) is 0. The van der Waals surface area contributed by atoms with Gasteiger partial charge in [-0.15, -0.1) is 0 Å². The van der Waals surface area contributed by atoms with Crippen LogP contribution in [0.5, 0.6) is 0 Å². The molecule has 1 fully saturated rings. The second-order valence-electron chi connectivity index (χ2n) is 4.33. The molecule has 94 valence electrons. The highest BCUT2D eigenvalue weighted by atomic mass is 35.5. The van der Waals surface area contributed by atoms with E-state index in [-0.39, 0.29) is 22.4 Å². The van der Waals surface area contributed by atoms with Crippen LogP contribution < -0.4 is 5.32 Å². The molecule has 0 unspecified atom stereocenters. The minimum atomic E-state index is -3.17. The van der Waals surface area contributed by atoms with Crippen LogP contribution in [0.25, 0.3) is 0 Å². The topological polar surface area (TPSA) is 46.2 Å². The molecule has 0 aromatic heterocycles. The molecule has 0 saturated carbocycles. The Hall–Kier alpha value is -0.650. The van der Waals surface area contributed by atoms with Crippen LogP contribution in [0.3, 0.4) is 0 Å². The van der Waals surface area contributed by atoms with Crippen LogP contribution in [-0.2, 0) is 15.6 Å². The van der Waals surface area contributed by atoms with Crippen LogP contribution in [-0.4, -0.2) is 27.3 Å². The summed E-state index contributed by atoms with van der Waals surface area (Å²) in [6.45, 7) is 1.49. The summed E-state index contributed by atoms with van der Waals surface area (Å²) < 4.78 is 36.8. The highest BCUT2D eigenvalue weighted by Gasteiger charge is 2.24. The second-order valence-corrected chi connectivity index (χ2v) is 6.84. The Labute approximate surface area is 105 Å². The Balaban J connectivity index is 2.05. The summed E-state index contributed by atoms with van der Waals surface area (Å²) in [6, 6.07) is 4.10. The lowest BCUT2D eigenvalue weighted by molar-refractivity contribution is 0.378. The molecule has 1 aromatic rings. The molecule has 2 rings (SSSR count). The molecule has 1 aromatic carbocycles. The summed E-state index contributed by atoms with van der Waals surface area (Å²) in [7, 11) is -3.17. The zero-order valence-electron chi connectivity index (χ0n) is 9.12. The van der Waals surface area contributed by atoms with E-state index in [4.69, 9.17) is 11.6 Å². The van der Waals surface area contributed by atoms with Gasteiger partial charge in [0.15, 0.2) is 9.84 Å². The van der Waals surface area contributed by atoms with Gasteiger partial charge in [0.2, 0.25) is 0 Å². The van der Waals surface area contributed by atoms with Crippen molar-refractivity contribution in [3.63, 3.8) is 0 Å². The molecule has 0 atom stereocenters. The Kier molecular flexibility index (Phi) is 3.70. The molecule has 1 N–H and O–H groups in total. The number of rotatable bonds is 4. The molecular weight excluding hydrogens is 265 g/mol. The molecule has 0 bridgehead atoms. The van der Waals surface area contributed by atoms with Crippen molar-refractivity contribution in [2.45, 2.75) is 5.75 Å². The quantitative estimate of drug-likeness (QED) is 0.910. The Morgan fingerprint density at radius 2 is 2.12 bits per heavy atom. The van der Waals surface area contributed by atoms with Gasteiger partial charge in [-0.1, -0.05) is 17.7 Å². The molecule has 6 heteroatoms. The zero-order valence-corrected chi connectivity index (χ0v) is 10.7. The maximum absolute atomic E-state index is 13.2. The number of hydrogen-bond acceptors (Lipinski definition) is 3. The van der Waals surface area contributed by atoms with Gasteiger partial charge in [-0.2, -0.15) is 0 Å². The van der Waals surface area contributed by atoms with Crippen LogP contribution in [0, 0.1) is 11.7 Å². The number of sulfone groups is 1. The smallest absolute Gasteiger partial charge is 0.154 e. The van der Waals surface area contributed by atoms with E-state index in [1.165, 1.54) is 12.1 Å². The normalized spacial score (nSPS) is 16.8. The minimum Gasteiger partial charge on any atom is -0.316 e. The number of nitrogens with one attached hydrogen (secondary N) is 1. The van der Waals surface area contributed by atoms with Crippen molar-refractivity contribution in [2.24, 2.45) is 5.92 Å². The summed E-state index contributed by atoms with van der Waals surface area (Å²) in [5.41, 5.74) is 0.444. The van der Waals surface area contributed by atoms with Gasteiger partial charge in [-0.3, -0.25) is 0 Å². The fourth-order valence-corrected chi connectivity index (χ4v) is 3.64. The first-order valence-electron chi connectivity index (χ1n) is 5.31. The largest absolute Gasteiger partial charge is 0.316 e. The molecule has 0 spiro atoms. The Morgan fingerprint density at radius 3 is 2.65 bits per heavy atom. The van der Waals surface area contributed by atoms with Crippen LogP contribution in [0.15, 0.2) is 18.2 Å². The second kappa shape index (κ2) is 4.92. The summed E-state index contributed by atoms with van der Waals surface area (Å²) in [5.74, 6) is -0.358. The van der Waals surface area contributed by atoms with E-state index in [0.29, 0.717) is 5.56 Å². The van der Waals surface area contributed by atoms with Gasteiger partial charge in [0, 0.05) is 13.1 Å². The monoisotopic (exact) mass is 277 g/mol. The fraction of sp³-hybridized carbons (Fsp3) is 0.455. The first-order chi connectivity index (χ1) is 7.96. The first kappa shape index (κ1) is 12.8. The molecule has 3 nitrogen and oxygen atoms in total. The zero-order chi connectivity index (χ0) is 12.5. The van der Waals surface area contributed by atoms with Crippen molar-refractivity contribution in [3.8, 4) is 0 Å². The Bertz CT molecular complexity index is 514. The maximum atomic E-state index is 13.2. The van der Waals surface area contributed by atoms with E-state index in [1.807, 2.05) is 0 Å². The van der Waals surface area contributed by atoms with Crippen molar-refractivity contribution in [3.05, 3.63) is 34.6 Å². The van der Waals surface area contributed by atoms with Gasteiger partial charge >= 0.3 is 0 Å². The molecule has 17 heavy (non-hydrogen) atoms. The van der Waals surface area contributed by atoms with Gasteiger partial charge in [0.05, 0.1) is 16.5 Å². The molecule has 1 saturated heterocycles. The fourth-order valence-electron chi connectivity index (χ4n) is 1.77. The van der Waals surface area contributed by atoms with Crippen molar-refractivity contribution >= 4 is 21.4 Å². The van der Waals surface area contributed by atoms with E-state index < -0.39 is 15.7 Å². The molecule has 1 aliphatic rings. The maximum Gasteiger partial charge on any atom is 0.154 e. The molecule has 0 aliphatic carbocycles. The first-order valence-corrected chi connectivity index (χ1v) is 7.51. The summed E-state index contributed by atoms with van der Waals surface area (Å²) in [4.78, 5) is 0. The van der Waals surface area contributed by atoms with Crippen molar-refractivity contribution in [1.29, 1.82) is 0 Å². The third kappa shape index (κ3) is 3.40. The van der Waals surface area contributed by atoms with Crippen molar-refractivity contribution < 1.29 is 12.8 Å². The van der Waals surface area contributed by atoms with Crippen molar-refractivity contribution in [2.75, 3.05) is 18.8 Å². The predicted molar refractivity (Wildman–Crippen MR) is 65.3 cm³/mol. The van der Waals surface area contributed by atoms with Gasteiger partial charge in [0.1, 0.15) is 5.82 Å². The minimum absolute atomic E-state index is 0.00865. The van der Waals surface area contributed by atoms with Crippen LogP contribution in [0.4, 0.5) is 4.39 Å². The third-order valence-electron chi connectivity index (χ3n) is 2.73. The van der Waals surface area contributed by atoms with E-state index >= 15 is 0 Å². The number of halogens is 2.